The predicted octanol–water partition coefficient (Wildman–Crippen LogP) is 1.35. The molecule has 0 aromatic carbocycles. The molecule has 0 spiro atoms. The Kier molecular flexibility index (Phi) is 3.72. The summed E-state index contributed by atoms with van der Waals surface area (Å²) in [7, 11) is 0. The zero-order valence-corrected chi connectivity index (χ0v) is 9.56. The largest absolute Gasteiger partial charge is 0.481 e. The van der Waals surface area contributed by atoms with Crippen molar-refractivity contribution < 1.29 is 14.7 Å². The highest BCUT2D eigenvalue weighted by Crippen LogP contribution is 2.22. The molecule has 2 unspecified atom stereocenters. The van der Waals surface area contributed by atoms with Gasteiger partial charge in [-0.05, 0) is 19.3 Å². The Bertz CT molecular complexity index is 263. The second kappa shape index (κ2) is 4.64. The molecule has 1 rings (SSSR count). The third kappa shape index (κ3) is 2.70. The standard InChI is InChI=1S/C11H19NO3/c1-7(2)8(3)12-6-9(11(14)15)4-5-10(12)13/h7-9H,4-6H2,1-3H3,(H,14,15). The number of carbonyl (C=O) groups excluding carboxylic acids is 1. The number of amides is 1. The fourth-order valence-electron chi connectivity index (χ4n) is 1.83. The SMILES string of the molecule is CC(C)C(C)N1CC(C(=O)O)CCC1=O. The Hall–Kier alpha value is -1.06. The number of carbonyl (C=O) groups is 2. The molecule has 0 saturated carbocycles. The van der Waals surface area contributed by atoms with E-state index in [-0.39, 0.29) is 17.9 Å². The molecule has 0 aromatic heterocycles. The molecule has 0 aromatic rings. The summed E-state index contributed by atoms with van der Waals surface area (Å²) in [5, 5.41) is 8.92. The van der Waals surface area contributed by atoms with E-state index in [1.165, 1.54) is 0 Å². The molecule has 0 radical (unpaired) electrons. The van der Waals surface area contributed by atoms with Crippen LogP contribution in [0.1, 0.15) is 33.6 Å². The maximum atomic E-state index is 11.6. The number of likely N-dealkylation sites (tertiary alicyclic amines) is 1. The van der Waals surface area contributed by atoms with Crippen molar-refractivity contribution in [3.05, 3.63) is 0 Å². The number of hydrogen-bond acceptors (Lipinski definition) is 2. The van der Waals surface area contributed by atoms with Gasteiger partial charge in [-0.3, -0.25) is 9.59 Å². The van der Waals surface area contributed by atoms with Gasteiger partial charge in [0.25, 0.3) is 0 Å². The zero-order chi connectivity index (χ0) is 11.6. The first kappa shape index (κ1) is 12.0. The summed E-state index contributed by atoms with van der Waals surface area (Å²) in [5.41, 5.74) is 0. The first-order valence-electron chi connectivity index (χ1n) is 5.45. The minimum absolute atomic E-state index is 0.0914. The van der Waals surface area contributed by atoms with E-state index in [9.17, 15) is 9.59 Å². The molecule has 1 N–H and O–H groups in total. The summed E-state index contributed by atoms with van der Waals surface area (Å²) >= 11 is 0. The highest BCUT2D eigenvalue weighted by atomic mass is 16.4. The van der Waals surface area contributed by atoms with Crippen molar-refractivity contribution in [2.75, 3.05) is 6.54 Å². The van der Waals surface area contributed by atoms with Gasteiger partial charge in [0.15, 0.2) is 0 Å². The van der Waals surface area contributed by atoms with E-state index in [4.69, 9.17) is 5.11 Å². The van der Waals surface area contributed by atoms with Gasteiger partial charge in [-0.2, -0.15) is 0 Å². The predicted molar refractivity (Wildman–Crippen MR) is 56.4 cm³/mol. The topological polar surface area (TPSA) is 57.6 Å². The lowest BCUT2D eigenvalue weighted by Crippen LogP contribution is -2.48. The van der Waals surface area contributed by atoms with Crippen molar-refractivity contribution >= 4 is 11.9 Å². The number of aliphatic carboxylic acids is 1. The van der Waals surface area contributed by atoms with Crippen molar-refractivity contribution in [3.8, 4) is 0 Å². The Morgan fingerprint density at radius 2 is 2.07 bits per heavy atom. The van der Waals surface area contributed by atoms with Crippen molar-refractivity contribution in [3.63, 3.8) is 0 Å². The Morgan fingerprint density at radius 3 is 2.53 bits per heavy atom. The van der Waals surface area contributed by atoms with E-state index >= 15 is 0 Å². The van der Waals surface area contributed by atoms with Crippen LogP contribution in [0.4, 0.5) is 0 Å². The smallest absolute Gasteiger partial charge is 0.308 e. The average Bonchev–Trinajstić information content (AvgIpc) is 2.16. The monoisotopic (exact) mass is 213 g/mol. The van der Waals surface area contributed by atoms with Gasteiger partial charge < -0.3 is 10.0 Å². The quantitative estimate of drug-likeness (QED) is 0.770. The van der Waals surface area contributed by atoms with E-state index in [2.05, 4.69) is 0 Å². The van der Waals surface area contributed by atoms with Crippen LogP contribution in [0.25, 0.3) is 0 Å². The van der Waals surface area contributed by atoms with Crippen LogP contribution in [0.15, 0.2) is 0 Å². The molecule has 0 aliphatic carbocycles. The Balaban J connectivity index is 2.69. The van der Waals surface area contributed by atoms with Crippen LogP contribution in [0.2, 0.25) is 0 Å². The Labute approximate surface area is 90.3 Å². The first-order valence-corrected chi connectivity index (χ1v) is 5.45. The van der Waals surface area contributed by atoms with Gasteiger partial charge in [0.1, 0.15) is 0 Å². The summed E-state index contributed by atoms with van der Waals surface area (Å²) in [5.74, 6) is -0.720. The summed E-state index contributed by atoms with van der Waals surface area (Å²) < 4.78 is 0. The molecule has 2 atom stereocenters. The molecule has 1 fully saturated rings. The zero-order valence-electron chi connectivity index (χ0n) is 9.56. The molecule has 15 heavy (non-hydrogen) atoms. The number of nitrogens with zero attached hydrogens (tertiary/aromatic N) is 1. The molecule has 4 heteroatoms. The number of hydrogen-bond donors (Lipinski definition) is 1. The fourth-order valence-corrected chi connectivity index (χ4v) is 1.83. The van der Waals surface area contributed by atoms with E-state index in [1.807, 2.05) is 20.8 Å². The van der Waals surface area contributed by atoms with Gasteiger partial charge in [-0.25, -0.2) is 0 Å². The van der Waals surface area contributed by atoms with Crippen LogP contribution in [-0.4, -0.2) is 34.5 Å². The summed E-state index contributed by atoms with van der Waals surface area (Å²) in [4.78, 5) is 24.2. The van der Waals surface area contributed by atoms with E-state index in [0.29, 0.717) is 25.3 Å². The second-order valence-electron chi connectivity index (χ2n) is 4.60. The highest BCUT2D eigenvalue weighted by molar-refractivity contribution is 5.80. The van der Waals surface area contributed by atoms with Gasteiger partial charge in [-0.1, -0.05) is 13.8 Å². The maximum absolute atomic E-state index is 11.6. The molecule has 1 heterocycles. The third-order valence-electron chi connectivity index (χ3n) is 3.25. The summed E-state index contributed by atoms with van der Waals surface area (Å²) in [6.07, 6.45) is 0.851. The normalized spacial score (nSPS) is 24.4. The molecule has 0 bridgehead atoms. The van der Waals surface area contributed by atoms with Crippen LogP contribution < -0.4 is 0 Å². The van der Waals surface area contributed by atoms with Crippen LogP contribution in [0.5, 0.6) is 0 Å². The summed E-state index contributed by atoms with van der Waals surface area (Å²) in [6.45, 7) is 6.44. The highest BCUT2D eigenvalue weighted by Gasteiger charge is 2.33. The average molecular weight is 213 g/mol. The fraction of sp³-hybridized carbons (Fsp3) is 0.818. The number of carboxylic acids is 1. The molecule has 1 amide bonds. The Morgan fingerprint density at radius 1 is 1.47 bits per heavy atom. The molecule has 4 nitrogen and oxygen atoms in total. The van der Waals surface area contributed by atoms with Gasteiger partial charge in [0, 0.05) is 19.0 Å². The van der Waals surface area contributed by atoms with Crippen molar-refractivity contribution in [2.24, 2.45) is 11.8 Å². The molecular formula is C11H19NO3. The van der Waals surface area contributed by atoms with Crippen molar-refractivity contribution in [1.82, 2.24) is 4.90 Å². The minimum Gasteiger partial charge on any atom is -0.481 e. The lowest BCUT2D eigenvalue weighted by atomic mass is 9.94. The van der Waals surface area contributed by atoms with Crippen LogP contribution >= 0.6 is 0 Å². The molecule has 1 aliphatic heterocycles. The molecular weight excluding hydrogens is 194 g/mol. The second-order valence-corrected chi connectivity index (χ2v) is 4.60. The van der Waals surface area contributed by atoms with Crippen LogP contribution in [0.3, 0.4) is 0 Å². The number of piperidine rings is 1. The van der Waals surface area contributed by atoms with E-state index in [0.717, 1.165) is 0 Å². The van der Waals surface area contributed by atoms with Crippen LogP contribution in [0, 0.1) is 11.8 Å². The van der Waals surface area contributed by atoms with Gasteiger partial charge in [0.2, 0.25) is 5.91 Å². The third-order valence-corrected chi connectivity index (χ3v) is 3.25. The molecule has 1 aliphatic rings. The maximum Gasteiger partial charge on any atom is 0.308 e. The van der Waals surface area contributed by atoms with E-state index < -0.39 is 5.97 Å². The first-order chi connectivity index (χ1) is 6.93. The molecule has 1 saturated heterocycles. The molecule has 86 valence electrons. The van der Waals surface area contributed by atoms with Crippen molar-refractivity contribution in [2.45, 2.75) is 39.7 Å². The van der Waals surface area contributed by atoms with Gasteiger partial charge in [-0.15, -0.1) is 0 Å². The van der Waals surface area contributed by atoms with Gasteiger partial charge >= 0.3 is 5.97 Å². The lowest BCUT2D eigenvalue weighted by molar-refractivity contribution is -0.149. The van der Waals surface area contributed by atoms with E-state index in [1.54, 1.807) is 4.90 Å². The number of carboxylic acid groups (broad SMARTS) is 1. The number of rotatable bonds is 3. The lowest BCUT2D eigenvalue weighted by Gasteiger charge is -2.37. The summed E-state index contributed by atoms with van der Waals surface area (Å²) in [6, 6.07) is 0.125. The minimum atomic E-state index is -0.788. The van der Waals surface area contributed by atoms with Gasteiger partial charge in [0.05, 0.1) is 5.92 Å². The van der Waals surface area contributed by atoms with Crippen molar-refractivity contribution in [1.29, 1.82) is 0 Å². The van der Waals surface area contributed by atoms with Crippen LogP contribution in [-0.2, 0) is 9.59 Å².